The molecule has 1 aliphatic carbocycles. The van der Waals surface area contributed by atoms with Gasteiger partial charge in [-0.15, -0.1) is 0 Å². The van der Waals surface area contributed by atoms with Crippen LogP contribution >= 0.6 is 0 Å². The fourth-order valence-electron chi connectivity index (χ4n) is 2.07. The maximum Gasteiger partial charge on any atom is 0.328 e. The molecule has 88 valence electrons. The van der Waals surface area contributed by atoms with Gasteiger partial charge in [-0.3, -0.25) is 14.3 Å². The number of nitrogens with two attached hydrogens (primary N) is 1. The molecule has 1 aromatic heterocycles. The highest BCUT2D eigenvalue weighted by molar-refractivity contribution is 5.05. The number of rotatable bonds is 2. The van der Waals surface area contributed by atoms with Crippen LogP contribution in [0, 0.1) is 12.8 Å². The van der Waals surface area contributed by atoms with Crippen molar-refractivity contribution in [3.8, 4) is 0 Å². The number of aromatic nitrogens is 2. The molecular weight excluding hydrogens is 210 g/mol. The number of aliphatic hydroxyl groups excluding tert-OH is 1. The van der Waals surface area contributed by atoms with E-state index in [0.29, 0.717) is 12.0 Å². The van der Waals surface area contributed by atoms with E-state index in [4.69, 9.17) is 10.8 Å². The largest absolute Gasteiger partial charge is 0.396 e. The second kappa shape index (κ2) is 3.88. The van der Waals surface area contributed by atoms with Crippen molar-refractivity contribution in [2.45, 2.75) is 25.4 Å². The van der Waals surface area contributed by atoms with E-state index < -0.39 is 5.69 Å². The van der Waals surface area contributed by atoms with Crippen molar-refractivity contribution < 1.29 is 5.11 Å². The minimum absolute atomic E-state index is 0.0365. The maximum atomic E-state index is 11.6. The summed E-state index contributed by atoms with van der Waals surface area (Å²) in [6.07, 6.45) is 2.20. The van der Waals surface area contributed by atoms with E-state index >= 15 is 0 Å². The van der Waals surface area contributed by atoms with Crippen molar-refractivity contribution in [2.75, 3.05) is 6.61 Å². The van der Waals surface area contributed by atoms with Crippen LogP contribution in [-0.4, -0.2) is 27.3 Å². The molecule has 3 unspecified atom stereocenters. The fourth-order valence-corrected chi connectivity index (χ4v) is 2.07. The Bertz CT molecular complexity index is 505. The van der Waals surface area contributed by atoms with Gasteiger partial charge in [-0.1, -0.05) is 0 Å². The highest BCUT2D eigenvalue weighted by Gasteiger charge is 2.39. The molecule has 0 amide bonds. The van der Waals surface area contributed by atoms with E-state index in [2.05, 4.69) is 4.98 Å². The summed E-state index contributed by atoms with van der Waals surface area (Å²) in [7, 11) is 0. The molecule has 1 fully saturated rings. The lowest BCUT2D eigenvalue weighted by Crippen LogP contribution is -2.54. The number of hydrogen-bond donors (Lipinski definition) is 3. The third-order valence-corrected chi connectivity index (χ3v) is 3.27. The predicted molar refractivity (Wildman–Crippen MR) is 58.3 cm³/mol. The first-order valence-corrected chi connectivity index (χ1v) is 5.23. The minimum Gasteiger partial charge on any atom is -0.396 e. The second-order valence-corrected chi connectivity index (χ2v) is 4.30. The Kier molecular flexibility index (Phi) is 2.69. The van der Waals surface area contributed by atoms with Gasteiger partial charge >= 0.3 is 5.69 Å². The van der Waals surface area contributed by atoms with E-state index in [1.807, 2.05) is 0 Å². The molecule has 0 bridgehead atoms. The lowest BCUT2D eigenvalue weighted by atomic mass is 9.75. The minimum atomic E-state index is -0.438. The van der Waals surface area contributed by atoms with Gasteiger partial charge in [0, 0.05) is 30.3 Å². The summed E-state index contributed by atoms with van der Waals surface area (Å²) in [6.45, 7) is 1.68. The first kappa shape index (κ1) is 11.1. The summed E-state index contributed by atoms with van der Waals surface area (Å²) in [5.74, 6) is 0.0455. The second-order valence-electron chi connectivity index (χ2n) is 4.30. The third-order valence-electron chi connectivity index (χ3n) is 3.27. The molecule has 2 rings (SSSR count). The molecule has 1 aliphatic rings. The number of nitrogens with one attached hydrogen (secondary N) is 1. The topological polar surface area (TPSA) is 101 Å². The number of nitrogens with zero attached hydrogens (tertiary/aromatic N) is 1. The molecule has 0 saturated heterocycles. The molecule has 16 heavy (non-hydrogen) atoms. The van der Waals surface area contributed by atoms with Crippen molar-refractivity contribution in [2.24, 2.45) is 11.7 Å². The number of aromatic amines is 1. The van der Waals surface area contributed by atoms with Crippen molar-refractivity contribution in [3.63, 3.8) is 0 Å². The Morgan fingerprint density at radius 1 is 1.62 bits per heavy atom. The normalized spacial score (nSPS) is 28.8. The average Bonchev–Trinajstić information content (AvgIpc) is 2.24. The van der Waals surface area contributed by atoms with Crippen LogP contribution in [0.3, 0.4) is 0 Å². The smallest absolute Gasteiger partial charge is 0.328 e. The summed E-state index contributed by atoms with van der Waals surface area (Å²) in [4.78, 5) is 25.0. The van der Waals surface area contributed by atoms with Crippen molar-refractivity contribution >= 4 is 0 Å². The predicted octanol–water partition coefficient (Wildman–Crippen LogP) is -1.27. The van der Waals surface area contributed by atoms with Gasteiger partial charge in [-0.05, 0) is 13.3 Å². The summed E-state index contributed by atoms with van der Waals surface area (Å²) in [5.41, 5.74) is 5.53. The number of H-pyrrole nitrogens is 1. The highest BCUT2D eigenvalue weighted by Crippen LogP contribution is 2.35. The molecule has 0 spiro atoms. The van der Waals surface area contributed by atoms with Gasteiger partial charge in [0.15, 0.2) is 0 Å². The van der Waals surface area contributed by atoms with Gasteiger partial charge in [-0.2, -0.15) is 0 Å². The van der Waals surface area contributed by atoms with E-state index in [1.165, 1.54) is 10.8 Å². The summed E-state index contributed by atoms with van der Waals surface area (Å²) in [6, 6.07) is -0.354. The Hall–Kier alpha value is -1.40. The van der Waals surface area contributed by atoms with Crippen LogP contribution in [0.5, 0.6) is 0 Å². The van der Waals surface area contributed by atoms with Gasteiger partial charge in [0.2, 0.25) is 0 Å². The highest BCUT2D eigenvalue weighted by atomic mass is 16.3. The SMILES string of the molecule is Cc1cn(C2CC(CO)C2N)c(=O)[nH]c1=O. The van der Waals surface area contributed by atoms with Crippen LogP contribution < -0.4 is 17.0 Å². The van der Waals surface area contributed by atoms with E-state index in [-0.39, 0.29) is 30.2 Å². The molecule has 0 aromatic carbocycles. The average molecular weight is 225 g/mol. The van der Waals surface area contributed by atoms with Gasteiger partial charge in [0.05, 0.1) is 6.04 Å². The molecule has 6 nitrogen and oxygen atoms in total. The van der Waals surface area contributed by atoms with Crippen molar-refractivity contribution in [1.82, 2.24) is 9.55 Å². The summed E-state index contributed by atoms with van der Waals surface area (Å²) >= 11 is 0. The van der Waals surface area contributed by atoms with Gasteiger partial charge in [-0.25, -0.2) is 4.79 Å². The maximum absolute atomic E-state index is 11.6. The molecule has 4 N–H and O–H groups in total. The zero-order valence-electron chi connectivity index (χ0n) is 9.01. The quantitative estimate of drug-likeness (QED) is 0.584. The molecule has 1 heterocycles. The van der Waals surface area contributed by atoms with Crippen LogP contribution in [0.2, 0.25) is 0 Å². The van der Waals surface area contributed by atoms with E-state index in [1.54, 1.807) is 6.92 Å². The Labute approximate surface area is 91.7 Å². The van der Waals surface area contributed by atoms with Crippen LogP contribution in [0.4, 0.5) is 0 Å². The van der Waals surface area contributed by atoms with Crippen LogP contribution in [-0.2, 0) is 0 Å². The van der Waals surface area contributed by atoms with Crippen molar-refractivity contribution in [3.05, 3.63) is 32.6 Å². The van der Waals surface area contributed by atoms with Crippen LogP contribution in [0.1, 0.15) is 18.0 Å². The standard InChI is InChI=1S/C10H15N3O3/c1-5-3-13(10(16)12-9(5)15)7-2-6(4-14)8(7)11/h3,6-8,14H,2,4,11H2,1H3,(H,12,15,16). The zero-order valence-corrected chi connectivity index (χ0v) is 9.01. The number of hydrogen-bond acceptors (Lipinski definition) is 4. The van der Waals surface area contributed by atoms with Crippen LogP contribution in [0.25, 0.3) is 0 Å². The van der Waals surface area contributed by atoms with E-state index in [9.17, 15) is 9.59 Å². The molecule has 1 aromatic rings. The van der Waals surface area contributed by atoms with Crippen LogP contribution in [0.15, 0.2) is 15.8 Å². The molecular formula is C10H15N3O3. The Morgan fingerprint density at radius 3 is 2.88 bits per heavy atom. The monoisotopic (exact) mass is 225 g/mol. The van der Waals surface area contributed by atoms with Gasteiger partial charge < -0.3 is 10.8 Å². The third kappa shape index (κ3) is 1.60. The van der Waals surface area contributed by atoms with Crippen molar-refractivity contribution in [1.29, 1.82) is 0 Å². The molecule has 1 saturated carbocycles. The molecule has 3 atom stereocenters. The Balaban J connectivity index is 2.33. The first-order valence-electron chi connectivity index (χ1n) is 5.23. The summed E-state index contributed by atoms with van der Waals surface area (Å²) < 4.78 is 1.45. The number of aliphatic hydroxyl groups is 1. The van der Waals surface area contributed by atoms with Gasteiger partial charge in [0.1, 0.15) is 0 Å². The number of aryl methyl sites for hydroxylation is 1. The first-order chi connectivity index (χ1) is 7.54. The zero-order chi connectivity index (χ0) is 11.9. The molecule has 6 heteroatoms. The Morgan fingerprint density at radius 2 is 2.31 bits per heavy atom. The molecule has 0 aliphatic heterocycles. The lowest BCUT2D eigenvalue weighted by Gasteiger charge is -2.42. The molecule has 0 radical (unpaired) electrons. The fraction of sp³-hybridized carbons (Fsp3) is 0.600. The summed E-state index contributed by atoms with van der Waals surface area (Å²) in [5, 5.41) is 8.96. The van der Waals surface area contributed by atoms with E-state index in [0.717, 1.165) is 0 Å². The van der Waals surface area contributed by atoms with Gasteiger partial charge in [0.25, 0.3) is 5.56 Å². The lowest BCUT2D eigenvalue weighted by molar-refractivity contribution is 0.0797.